The van der Waals surface area contributed by atoms with Gasteiger partial charge in [0, 0.05) is 18.7 Å². The number of likely N-dealkylation sites (tertiary alicyclic amines) is 1. The van der Waals surface area contributed by atoms with Crippen molar-refractivity contribution in [3.05, 3.63) is 11.8 Å². The lowest BCUT2D eigenvalue weighted by molar-refractivity contribution is -0.597. The number of nitrogens with zero attached hydrogens (tertiary/aromatic N) is 1. The number of quaternary nitrogens is 1. The van der Waals surface area contributed by atoms with Gasteiger partial charge in [-0.3, -0.25) is 10.2 Å². The Hall–Kier alpha value is -1.69. The molecule has 0 saturated carbocycles. The molecule has 1 unspecified atom stereocenters. The maximum atomic E-state index is 12.9. The molecule has 0 bridgehead atoms. The molecule has 1 rings (SSSR count). The van der Waals surface area contributed by atoms with Gasteiger partial charge in [-0.05, 0) is 39.5 Å². The highest BCUT2D eigenvalue weighted by Gasteiger charge is 2.30. The van der Waals surface area contributed by atoms with E-state index in [4.69, 9.17) is 10.1 Å². The highest BCUT2D eigenvalue weighted by molar-refractivity contribution is 6.40. The molecule has 1 aliphatic heterocycles. The normalized spacial score (nSPS) is 18.7. The summed E-state index contributed by atoms with van der Waals surface area (Å²) in [6, 6.07) is 0.270. The van der Waals surface area contributed by atoms with Gasteiger partial charge >= 0.3 is 11.9 Å². The second-order valence-electron chi connectivity index (χ2n) is 5.78. The Morgan fingerprint density at radius 2 is 2.04 bits per heavy atom. The topological polar surface area (TPSA) is 87.1 Å². The third-order valence-electron chi connectivity index (χ3n) is 3.98. The molecule has 1 amide bonds. The minimum Gasteiger partial charge on any atom is -0.461 e. The zero-order valence-corrected chi connectivity index (χ0v) is 14.6. The van der Waals surface area contributed by atoms with Crippen LogP contribution in [0.2, 0.25) is 0 Å². The van der Waals surface area contributed by atoms with Gasteiger partial charge in [-0.25, -0.2) is 4.79 Å². The molecule has 1 atom stereocenters. The number of amides is 1. The minimum absolute atomic E-state index is 0.0703. The van der Waals surface area contributed by atoms with Crippen LogP contribution in [-0.2, 0) is 14.3 Å². The lowest BCUT2D eigenvalue weighted by Crippen LogP contribution is -2.84. The summed E-state index contributed by atoms with van der Waals surface area (Å²) in [7, 11) is 0. The van der Waals surface area contributed by atoms with Crippen molar-refractivity contribution >= 4 is 17.6 Å². The summed E-state index contributed by atoms with van der Waals surface area (Å²) in [6.07, 6.45) is 6.60. The fraction of sp³-hybridized carbons (Fsp3) is 0.706. The fourth-order valence-electron chi connectivity index (χ4n) is 2.92. The van der Waals surface area contributed by atoms with Gasteiger partial charge in [0.2, 0.25) is 0 Å². The first-order valence-corrected chi connectivity index (χ1v) is 8.66. The van der Waals surface area contributed by atoms with Gasteiger partial charge in [0.1, 0.15) is 5.71 Å². The van der Waals surface area contributed by atoms with Crippen molar-refractivity contribution in [1.82, 2.24) is 4.90 Å². The number of hydrogen-bond acceptors (Lipinski definition) is 4. The average Bonchev–Trinajstić information content (AvgIpc) is 2.54. The number of nitrogens with one attached hydrogen (secondary N) is 1. The molecular formula is C17H30N3O3+. The summed E-state index contributed by atoms with van der Waals surface area (Å²) >= 11 is 0. The standard InChI is InChI=1S/C17H29N3O3/c1-4-9-13-10-7-8-11-20(13)16(21)15(19-5-2)12-14(18)17(22)23-6-3/h12-13,18-19H,4-11H2,1-3H3/p+1/b15-12-,18-14?. The van der Waals surface area contributed by atoms with E-state index in [9.17, 15) is 9.59 Å². The van der Waals surface area contributed by atoms with Crippen molar-refractivity contribution in [3.63, 3.8) is 0 Å². The molecule has 0 aromatic heterocycles. The van der Waals surface area contributed by atoms with Crippen molar-refractivity contribution < 1.29 is 19.6 Å². The van der Waals surface area contributed by atoms with Gasteiger partial charge in [0.05, 0.1) is 13.2 Å². The molecule has 1 aliphatic rings. The smallest absolute Gasteiger partial charge is 0.356 e. The van der Waals surface area contributed by atoms with Crippen molar-refractivity contribution in [2.24, 2.45) is 0 Å². The van der Waals surface area contributed by atoms with E-state index in [1.54, 1.807) is 12.2 Å². The van der Waals surface area contributed by atoms with E-state index in [1.807, 2.05) is 11.8 Å². The molecule has 0 aromatic rings. The monoisotopic (exact) mass is 324 g/mol. The second kappa shape index (κ2) is 10.2. The average molecular weight is 324 g/mol. The van der Waals surface area contributed by atoms with Crippen LogP contribution >= 0.6 is 0 Å². The van der Waals surface area contributed by atoms with E-state index >= 15 is 0 Å². The SMILES string of the molecule is CCCC1CCCCN1C(=O)/C(=C/C(=N)C(=O)OCC)[NH2+]CC. The summed E-state index contributed by atoms with van der Waals surface area (Å²) in [6.45, 7) is 7.42. The number of carbonyl (C=O) groups excluding carboxylic acids is 2. The first-order valence-electron chi connectivity index (χ1n) is 8.66. The highest BCUT2D eigenvalue weighted by atomic mass is 16.5. The molecule has 0 spiro atoms. The first kappa shape index (κ1) is 19.4. The number of hydrogen-bond donors (Lipinski definition) is 2. The van der Waals surface area contributed by atoms with Crippen molar-refractivity contribution in [3.8, 4) is 0 Å². The Morgan fingerprint density at radius 3 is 2.65 bits per heavy atom. The van der Waals surface area contributed by atoms with E-state index < -0.39 is 5.97 Å². The van der Waals surface area contributed by atoms with Crippen LogP contribution in [0.15, 0.2) is 11.8 Å². The Morgan fingerprint density at radius 1 is 1.30 bits per heavy atom. The second-order valence-corrected chi connectivity index (χ2v) is 5.78. The first-order chi connectivity index (χ1) is 11.0. The van der Waals surface area contributed by atoms with E-state index in [1.165, 1.54) is 6.08 Å². The molecule has 23 heavy (non-hydrogen) atoms. The zero-order valence-electron chi connectivity index (χ0n) is 14.6. The Kier molecular flexibility index (Phi) is 8.55. The van der Waals surface area contributed by atoms with E-state index in [0.717, 1.165) is 38.6 Å². The number of piperidine rings is 1. The largest absolute Gasteiger partial charge is 0.461 e. The molecular weight excluding hydrogens is 294 g/mol. The van der Waals surface area contributed by atoms with Crippen molar-refractivity contribution in [2.45, 2.75) is 58.9 Å². The number of carbonyl (C=O) groups is 2. The van der Waals surface area contributed by atoms with Gasteiger partial charge < -0.3 is 15.0 Å². The number of ether oxygens (including phenoxy) is 1. The Labute approximate surface area is 138 Å². The third-order valence-corrected chi connectivity index (χ3v) is 3.98. The van der Waals surface area contributed by atoms with Crippen LogP contribution in [0.1, 0.15) is 52.9 Å². The molecule has 3 N–H and O–H groups in total. The zero-order chi connectivity index (χ0) is 17.2. The van der Waals surface area contributed by atoms with Gasteiger partial charge in [0.15, 0.2) is 5.70 Å². The maximum Gasteiger partial charge on any atom is 0.356 e. The number of esters is 1. The summed E-state index contributed by atoms with van der Waals surface area (Å²) in [5, 5.41) is 9.59. The number of nitrogens with two attached hydrogens (primary N) is 1. The molecule has 0 aromatic carbocycles. The van der Waals surface area contributed by atoms with Gasteiger partial charge in [-0.2, -0.15) is 0 Å². The van der Waals surface area contributed by atoms with Gasteiger partial charge in [-0.1, -0.05) is 13.3 Å². The number of likely N-dealkylation sites (N-methyl/N-ethyl adjacent to an activating group) is 1. The van der Waals surface area contributed by atoms with Crippen LogP contribution in [0.4, 0.5) is 0 Å². The Bertz CT molecular complexity index is 458. The molecule has 0 radical (unpaired) electrons. The maximum absolute atomic E-state index is 12.9. The predicted octanol–water partition coefficient (Wildman–Crippen LogP) is 1.22. The highest BCUT2D eigenvalue weighted by Crippen LogP contribution is 2.21. The predicted molar refractivity (Wildman–Crippen MR) is 89.2 cm³/mol. The van der Waals surface area contributed by atoms with Crippen LogP contribution in [0.3, 0.4) is 0 Å². The van der Waals surface area contributed by atoms with Crippen LogP contribution in [-0.4, -0.2) is 48.2 Å². The van der Waals surface area contributed by atoms with Crippen molar-refractivity contribution in [1.29, 1.82) is 5.41 Å². The van der Waals surface area contributed by atoms with Crippen LogP contribution < -0.4 is 5.32 Å². The summed E-state index contributed by atoms with van der Waals surface area (Å²) < 4.78 is 4.82. The fourth-order valence-corrected chi connectivity index (χ4v) is 2.92. The molecule has 130 valence electrons. The van der Waals surface area contributed by atoms with E-state index in [0.29, 0.717) is 12.2 Å². The van der Waals surface area contributed by atoms with Crippen LogP contribution in [0.25, 0.3) is 0 Å². The van der Waals surface area contributed by atoms with Crippen molar-refractivity contribution in [2.75, 3.05) is 19.7 Å². The minimum atomic E-state index is -0.689. The van der Waals surface area contributed by atoms with Gasteiger partial charge in [-0.15, -0.1) is 0 Å². The van der Waals surface area contributed by atoms with E-state index in [2.05, 4.69) is 6.92 Å². The summed E-state index contributed by atoms with van der Waals surface area (Å²) in [4.78, 5) is 26.4. The number of rotatable bonds is 8. The van der Waals surface area contributed by atoms with E-state index in [-0.39, 0.29) is 24.3 Å². The quantitative estimate of drug-likeness (QED) is 0.400. The lowest BCUT2D eigenvalue weighted by atomic mass is 9.97. The molecule has 1 saturated heterocycles. The summed E-state index contributed by atoms with van der Waals surface area (Å²) in [5.74, 6) is -0.759. The third kappa shape index (κ3) is 5.78. The van der Waals surface area contributed by atoms with Gasteiger partial charge in [0.25, 0.3) is 0 Å². The molecule has 6 heteroatoms. The molecule has 1 heterocycles. The summed E-state index contributed by atoms with van der Waals surface area (Å²) in [5.41, 5.74) is 0.150. The molecule has 6 nitrogen and oxygen atoms in total. The van der Waals surface area contributed by atoms with Crippen LogP contribution in [0, 0.1) is 5.41 Å². The molecule has 1 fully saturated rings. The lowest BCUT2D eigenvalue weighted by Gasteiger charge is -2.35. The molecule has 0 aliphatic carbocycles. The van der Waals surface area contributed by atoms with Crippen LogP contribution in [0.5, 0.6) is 0 Å². The Balaban J connectivity index is 2.91.